The summed E-state index contributed by atoms with van der Waals surface area (Å²) >= 11 is 6.33. The van der Waals surface area contributed by atoms with Gasteiger partial charge in [-0.3, -0.25) is 19.4 Å². The molecule has 0 unspecified atom stereocenters. The maximum atomic E-state index is 14.0. The van der Waals surface area contributed by atoms with Gasteiger partial charge in [-0.1, -0.05) is 23.8 Å². The van der Waals surface area contributed by atoms with Crippen molar-refractivity contribution in [3.63, 3.8) is 0 Å². The van der Waals surface area contributed by atoms with E-state index in [-0.39, 0.29) is 18.2 Å². The van der Waals surface area contributed by atoms with E-state index in [2.05, 4.69) is 38.7 Å². The van der Waals surface area contributed by atoms with Crippen LogP contribution in [0.2, 0.25) is 5.02 Å². The molecule has 2 aliphatic heterocycles. The summed E-state index contributed by atoms with van der Waals surface area (Å²) in [6, 6.07) is 10.8. The number of allylic oxidation sites excluding steroid dienone is 3. The van der Waals surface area contributed by atoms with E-state index in [0.29, 0.717) is 39.8 Å². The summed E-state index contributed by atoms with van der Waals surface area (Å²) in [6.45, 7) is 5.12. The van der Waals surface area contributed by atoms with Gasteiger partial charge in [-0.15, -0.1) is 0 Å². The van der Waals surface area contributed by atoms with Crippen molar-refractivity contribution in [3.8, 4) is 0 Å². The van der Waals surface area contributed by atoms with E-state index >= 15 is 0 Å². The predicted octanol–water partition coefficient (Wildman–Crippen LogP) is 5.17. The molecule has 8 nitrogen and oxygen atoms in total. The van der Waals surface area contributed by atoms with Gasteiger partial charge in [-0.25, -0.2) is 4.39 Å². The van der Waals surface area contributed by atoms with E-state index in [0.717, 1.165) is 39.1 Å². The number of carbonyl (C=O) groups is 2. The third-order valence-electron chi connectivity index (χ3n) is 7.50. The monoisotopic (exact) mass is 561 g/mol. The molecule has 3 heterocycles. The molecule has 3 aliphatic rings. The quantitative estimate of drug-likeness (QED) is 0.414. The van der Waals surface area contributed by atoms with Crippen LogP contribution in [0.25, 0.3) is 0 Å². The van der Waals surface area contributed by atoms with Crippen molar-refractivity contribution in [1.82, 2.24) is 15.1 Å². The summed E-state index contributed by atoms with van der Waals surface area (Å²) in [7, 11) is 0. The zero-order valence-corrected chi connectivity index (χ0v) is 22.6. The van der Waals surface area contributed by atoms with E-state index in [1.54, 1.807) is 24.3 Å². The highest BCUT2D eigenvalue weighted by molar-refractivity contribution is 6.31. The van der Waals surface area contributed by atoms with Crippen LogP contribution in [0.1, 0.15) is 32.9 Å². The summed E-state index contributed by atoms with van der Waals surface area (Å²) in [4.78, 5) is 32.9. The largest absolute Gasteiger partial charge is 0.457 e. The first-order valence-corrected chi connectivity index (χ1v) is 13.7. The van der Waals surface area contributed by atoms with E-state index in [1.807, 2.05) is 0 Å². The van der Waals surface area contributed by atoms with Gasteiger partial charge in [-0.2, -0.15) is 0 Å². The lowest BCUT2D eigenvalue weighted by Gasteiger charge is -2.36. The molecule has 0 atom stereocenters. The molecule has 2 amide bonds. The van der Waals surface area contributed by atoms with Crippen LogP contribution in [0, 0.1) is 5.82 Å². The Balaban J connectivity index is 1.15. The van der Waals surface area contributed by atoms with Gasteiger partial charge in [0.2, 0.25) is 5.76 Å². The number of hydrogen-bond acceptors (Lipinski definition) is 6. The Morgan fingerprint density at radius 3 is 2.73 bits per heavy atom. The first kappa shape index (κ1) is 26.2. The number of nitrogens with one attached hydrogen (secondary N) is 2. The Bertz CT molecular complexity index is 1510. The minimum absolute atomic E-state index is 0.00569. The molecule has 1 aromatic heterocycles. The zero-order valence-electron chi connectivity index (χ0n) is 21.8. The molecular formula is C30H29ClFN5O3. The number of halogens is 2. The Morgan fingerprint density at radius 2 is 1.93 bits per heavy atom. The Morgan fingerprint density at radius 1 is 1.07 bits per heavy atom. The number of fused-ring (bicyclic) bond motifs is 2. The fourth-order valence-corrected chi connectivity index (χ4v) is 5.48. The average Bonchev–Trinajstić information content (AvgIpc) is 3.65. The van der Waals surface area contributed by atoms with Crippen LogP contribution < -0.4 is 15.5 Å². The van der Waals surface area contributed by atoms with Crippen LogP contribution in [0.5, 0.6) is 0 Å². The normalized spacial score (nSPS) is 16.8. The fraction of sp³-hybridized carbons (Fsp3) is 0.267. The molecule has 0 spiro atoms. The lowest BCUT2D eigenvalue weighted by Crippen LogP contribution is -2.47. The van der Waals surface area contributed by atoms with Crippen molar-refractivity contribution in [2.45, 2.75) is 13.0 Å². The van der Waals surface area contributed by atoms with Crippen molar-refractivity contribution in [2.75, 3.05) is 49.5 Å². The smallest absolute Gasteiger partial charge is 0.296 e. The molecule has 1 aliphatic carbocycles. The van der Waals surface area contributed by atoms with Gasteiger partial charge in [-0.05, 0) is 48.0 Å². The minimum Gasteiger partial charge on any atom is -0.457 e. The van der Waals surface area contributed by atoms with Gasteiger partial charge in [0.05, 0.1) is 29.9 Å². The number of amides is 2. The maximum Gasteiger partial charge on any atom is 0.296 e. The summed E-state index contributed by atoms with van der Waals surface area (Å²) in [5.41, 5.74) is 3.82. The van der Waals surface area contributed by atoms with Gasteiger partial charge in [0.25, 0.3) is 11.8 Å². The molecular weight excluding hydrogens is 533 g/mol. The molecule has 6 rings (SSSR count). The predicted molar refractivity (Wildman–Crippen MR) is 153 cm³/mol. The third-order valence-corrected chi connectivity index (χ3v) is 7.87. The molecule has 0 saturated carbocycles. The van der Waals surface area contributed by atoms with Crippen LogP contribution in [0.4, 0.5) is 21.5 Å². The standard InChI is InChI=1S/C30H29ClFN5O3/c31-24-7-6-22(32)17-21(24)19-37-27-18-20(5-8-25(27)34-26-9-16-40-28(26)30(37)39)29(38)33-10-11-35-12-14-36(15-13-35)23-3-1-2-4-23/h1-3,5-9,16-18,34H,4,10-15,19H2,(H,33,38). The lowest BCUT2D eigenvalue weighted by molar-refractivity contribution is 0.0937. The van der Waals surface area contributed by atoms with E-state index < -0.39 is 11.7 Å². The summed E-state index contributed by atoms with van der Waals surface area (Å²) in [6.07, 6.45) is 8.90. The fourth-order valence-electron chi connectivity index (χ4n) is 5.30. The van der Waals surface area contributed by atoms with Crippen molar-refractivity contribution >= 4 is 40.5 Å². The number of nitrogens with zero attached hydrogens (tertiary/aromatic N) is 3. The van der Waals surface area contributed by atoms with Gasteiger partial charge in [0.15, 0.2) is 0 Å². The molecule has 0 radical (unpaired) electrons. The molecule has 3 aromatic rings. The molecule has 0 bridgehead atoms. The number of benzene rings is 2. The molecule has 10 heteroatoms. The molecule has 2 N–H and O–H groups in total. The zero-order chi connectivity index (χ0) is 27.6. The number of hydrogen-bond donors (Lipinski definition) is 2. The van der Waals surface area contributed by atoms with E-state index in [9.17, 15) is 14.0 Å². The van der Waals surface area contributed by atoms with Crippen LogP contribution in [0.3, 0.4) is 0 Å². The highest BCUT2D eigenvalue weighted by atomic mass is 35.5. The lowest BCUT2D eigenvalue weighted by atomic mass is 10.1. The highest BCUT2D eigenvalue weighted by Crippen LogP contribution is 2.38. The molecule has 40 heavy (non-hydrogen) atoms. The highest BCUT2D eigenvalue weighted by Gasteiger charge is 2.31. The number of carbonyl (C=O) groups excluding carboxylic acids is 2. The van der Waals surface area contributed by atoms with Crippen molar-refractivity contribution < 1.29 is 18.4 Å². The second kappa shape index (κ2) is 11.2. The maximum absolute atomic E-state index is 14.0. The number of furan rings is 1. The van der Waals surface area contributed by atoms with Crippen molar-refractivity contribution in [3.05, 3.63) is 100 Å². The number of anilines is 3. The minimum atomic E-state index is -0.458. The summed E-state index contributed by atoms with van der Waals surface area (Å²) in [5.74, 6) is -0.996. The van der Waals surface area contributed by atoms with Gasteiger partial charge in [0.1, 0.15) is 5.82 Å². The van der Waals surface area contributed by atoms with E-state index in [4.69, 9.17) is 16.0 Å². The Hall–Kier alpha value is -4.08. The average molecular weight is 562 g/mol. The number of rotatable bonds is 7. The second-order valence-corrected chi connectivity index (χ2v) is 10.4. The van der Waals surface area contributed by atoms with Crippen LogP contribution in [0.15, 0.2) is 77.1 Å². The molecule has 2 aromatic carbocycles. The van der Waals surface area contributed by atoms with Gasteiger partial charge in [0, 0.05) is 68.0 Å². The van der Waals surface area contributed by atoms with Crippen LogP contribution in [-0.4, -0.2) is 60.9 Å². The Labute approximate surface area is 236 Å². The van der Waals surface area contributed by atoms with Crippen molar-refractivity contribution in [2.24, 2.45) is 0 Å². The van der Waals surface area contributed by atoms with Crippen LogP contribution in [-0.2, 0) is 6.54 Å². The molecule has 1 saturated heterocycles. The summed E-state index contributed by atoms with van der Waals surface area (Å²) in [5, 5.41) is 6.56. The molecule has 206 valence electrons. The van der Waals surface area contributed by atoms with Crippen LogP contribution >= 0.6 is 11.6 Å². The Kier molecular flexibility index (Phi) is 7.32. The second-order valence-electron chi connectivity index (χ2n) is 10.0. The van der Waals surface area contributed by atoms with Crippen molar-refractivity contribution in [1.29, 1.82) is 0 Å². The van der Waals surface area contributed by atoms with Gasteiger partial charge < -0.3 is 20.0 Å². The van der Waals surface area contributed by atoms with Gasteiger partial charge >= 0.3 is 0 Å². The first-order chi connectivity index (χ1) is 19.5. The van der Waals surface area contributed by atoms with E-state index in [1.165, 1.54) is 35.1 Å². The SMILES string of the molecule is O=C(NCCN1CCN(C2=CC=CC2)CC1)c1ccc2c(c1)N(Cc1cc(F)ccc1Cl)C(=O)c1occc1N2. The topological polar surface area (TPSA) is 81.1 Å². The summed E-state index contributed by atoms with van der Waals surface area (Å²) < 4.78 is 19.5. The third kappa shape index (κ3) is 5.35. The molecule has 1 fully saturated rings. The number of piperazine rings is 1. The first-order valence-electron chi connectivity index (χ1n) is 13.3.